The molecule has 3 aromatic rings. The van der Waals surface area contributed by atoms with Gasteiger partial charge in [-0.2, -0.15) is 0 Å². The summed E-state index contributed by atoms with van der Waals surface area (Å²) in [7, 11) is 0. The van der Waals surface area contributed by atoms with Gasteiger partial charge in [0.25, 0.3) is 0 Å². The molecule has 0 aliphatic heterocycles. The van der Waals surface area contributed by atoms with Crippen molar-refractivity contribution >= 4 is 32.6 Å². The first-order chi connectivity index (χ1) is 10.4. The van der Waals surface area contributed by atoms with Gasteiger partial charge in [0.15, 0.2) is 5.78 Å². The highest BCUT2D eigenvalue weighted by molar-refractivity contribution is 9.10. The third-order valence-electron chi connectivity index (χ3n) is 4.53. The predicted molar refractivity (Wildman–Crippen MR) is 89.7 cm³/mol. The standard InChI is InChI=1S/C18H14BrNO2/c1-18(2)13-8-10(21)4-6-11(13)16(22)15-12-5-3-9(19)7-14(12)20-17(15)18/h3-8,20-21H,1-2H3. The first-order valence-electron chi connectivity index (χ1n) is 7.09. The second-order valence-corrected chi connectivity index (χ2v) is 7.16. The van der Waals surface area contributed by atoms with E-state index in [1.807, 2.05) is 18.2 Å². The Bertz CT molecular complexity index is 953. The summed E-state index contributed by atoms with van der Waals surface area (Å²) in [4.78, 5) is 16.4. The van der Waals surface area contributed by atoms with Crippen LogP contribution < -0.4 is 0 Å². The largest absolute Gasteiger partial charge is 0.508 e. The van der Waals surface area contributed by atoms with Gasteiger partial charge in [0.2, 0.25) is 0 Å². The summed E-state index contributed by atoms with van der Waals surface area (Å²) in [5, 5.41) is 10.7. The normalized spacial score (nSPS) is 15.7. The zero-order valence-electron chi connectivity index (χ0n) is 12.2. The zero-order valence-corrected chi connectivity index (χ0v) is 13.8. The van der Waals surface area contributed by atoms with Crippen LogP contribution in [0.2, 0.25) is 0 Å². The quantitative estimate of drug-likeness (QED) is 0.623. The Hall–Kier alpha value is -2.07. The number of aromatic hydroxyl groups is 1. The highest BCUT2D eigenvalue weighted by Gasteiger charge is 2.39. The topological polar surface area (TPSA) is 53.1 Å². The van der Waals surface area contributed by atoms with E-state index in [0.717, 1.165) is 32.2 Å². The highest BCUT2D eigenvalue weighted by atomic mass is 79.9. The number of hydrogen-bond donors (Lipinski definition) is 2. The fourth-order valence-electron chi connectivity index (χ4n) is 3.39. The van der Waals surface area contributed by atoms with E-state index >= 15 is 0 Å². The highest BCUT2D eigenvalue weighted by Crippen LogP contribution is 2.44. The number of H-pyrrole nitrogens is 1. The van der Waals surface area contributed by atoms with Gasteiger partial charge in [0, 0.05) is 32.0 Å². The van der Waals surface area contributed by atoms with Crippen molar-refractivity contribution in [2.45, 2.75) is 19.3 Å². The summed E-state index contributed by atoms with van der Waals surface area (Å²) in [6.07, 6.45) is 0. The van der Waals surface area contributed by atoms with Gasteiger partial charge in [-0.1, -0.05) is 35.8 Å². The lowest BCUT2D eigenvalue weighted by Crippen LogP contribution is -2.30. The molecule has 1 aromatic heterocycles. The lowest BCUT2D eigenvalue weighted by molar-refractivity contribution is 0.103. The molecule has 0 atom stereocenters. The number of aromatic amines is 1. The molecular formula is C18H14BrNO2. The first kappa shape index (κ1) is 13.6. The lowest BCUT2D eigenvalue weighted by Gasteiger charge is -2.32. The van der Waals surface area contributed by atoms with Crippen molar-refractivity contribution in [2.75, 3.05) is 0 Å². The van der Waals surface area contributed by atoms with Gasteiger partial charge in [0.05, 0.1) is 5.56 Å². The number of carbonyl (C=O) groups is 1. The summed E-state index contributed by atoms with van der Waals surface area (Å²) in [5.41, 5.74) is 3.74. The molecule has 0 fully saturated rings. The van der Waals surface area contributed by atoms with Gasteiger partial charge >= 0.3 is 0 Å². The number of fused-ring (bicyclic) bond motifs is 4. The number of phenols is 1. The second kappa shape index (κ2) is 4.23. The third-order valence-corrected chi connectivity index (χ3v) is 5.03. The van der Waals surface area contributed by atoms with Crippen LogP contribution in [0.5, 0.6) is 5.75 Å². The molecule has 0 saturated heterocycles. The van der Waals surface area contributed by atoms with Gasteiger partial charge in [-0.15, -0.1) is 0 Å². The SMILES string of the molecule is CC1(C)c2cc(O)ccc2C(=O)c2c1[nH]c1cc(Br)ccc21. The Morgan fingerprint density at radius 1 is 1.14 bits per heavy atom. The Morgan fingerprint density at radius 2 is 1.91 bits per heavy atom. The van der Waals surface area contributed by atoms with Gasteiger partial charge in [-0.05, 0) is 35.9 Å². The summed E-state index contributed by atoms with van der Waals surface area (Å²) >= 11 is 3.47. The number of aromatic nitrogens is 1. The molecule has 0 unspecified atom stereocenters. The number of rotatable bonds is 0. The number of hydrogen-bond acceptors (Lipinski definition) is 2. The summed E-state index contributed by atoms with van der Waals surface area (Å²) < 4.78 is 0.971. The molecule has 4 heteroatoms. The summed E-state index contributed by atoms with van der Waals surface area (Å²) in [6, 6.07) is 10.9. The van der Waals surface area contributed by atoms with Crippen molar-refractivity contribution in [1.29, 1.82) is 0 Å². The van der Waals surface area contributed by atoms with Crippen molar-refractivity contribution in [2.24, 2.45) is 0 Å². The van der Waals surface area contributed by atoms with Crippen LogP contribution in [0.1, 0.15) is 41.0 Å². The maximum atomic E-state index is 13.0. The average Bonchev–Trinajstić information content (AvgIpc) is 2.84. The maximum absolute atomic E-state index is 13.0. The molecule has 0 spiro atoms. The molecule has 2 N–H and O–H groups in total. The van der Waals surface area contributed by atoms with Gasteiger partial charge < -0.3 is 10.1 Å². The zero-order chi connectivity index (χ0) is 15.6. The lowest BCUT2D eigenvalue weighted by atomic mass is 9.71. The molecular weight excluding hydrogens is 342 g/mol. The van der Waals surface area contributed by atoms with Gasteiger partial charge in [-0.25, -0.2) is 0 Å². The molecule has 1 heterocycles. The van der Waals surface area contributed by atoms with E-state index in [0.29, 0.717) is 5.56 Å². The Kier molecular flexibility index (Phi) is 2.61. The molecule has 0 saturated carbocycles. The molecule has 0 radical (unpaired) electrons. The van der Waals surface area contributed by atoms with Crippen molar-refractivity contribution in [1.82, 2.24) is 4.98 Å². The molecule has 4 rings (SSSR count). The van der Waals surface area contributed by atoms with Crippen LogP contribution in [0.25, 0.3) is 10.9 Å². The van der Waals surface area contributed by atoms with E-state index in [4.69, 9.17) is 0 Å². The molecule has 22 heavy (non-hydrogen) atoms. The van der Waals surface area contributed by atoms with Gasteiger partial charge in [0.1, 0.15) is 5.75 Å². The van der Waals surface area contributed by atoms with Crippen LogP contribution in [0.4, 0.5) is 0 Å². The van der Waals surface area contributed by atoms with Crippen molar-refractivity contribution in [3.05, 3.63) is 63.3 Å². The van der Waals surface area contributed by atoms with Crippen molar-refractivity contribution < 1.29 is 9.90 Å². The van der Waals surface area contributed by atoms with Crippen LogP contribution in [0, 0.1) is 0 Å². The number of ketones is 1. The minimum Gasteiger partial charge on any atom is -0.508 e. The summed E-state index contributed by atoms with van der Waals surface area (Å²) in [5.74, 6) is 0.194. The third kappa shape index (κ3) is 1.64. The molecule has 0 bridgehead atoms. The average molecular weight is 356 g/mol. The Labute approximate surface area is 136 Å². The second-order valence-electron chi connectivity index (χ2n) is 6.25. The molecule has 1 aliphatic carbocycles. The number of nitrogens with one attached hydrogen (secondary N) is 1. The van der Waals surface area contributed by atoms with Crippen LogP contribution in [0.3, 0.4) is 0 Å². The molecule has 2 aromatic carbocycles. The molecule has 110 valence electrons. The first-order valence-corrected chi connectivity index (χ1v) is 7.89. The fraction of sp³-hybridized carbons (Fsp3) is 0.167. The van der Waals surface area contributed by atoms with Gasteiger partial charge in [-0.3, -0.25) is 4.79 Å². The van der Waals surface area contributed by atoms with Crippen molar-refractivity contribution in [3.63, 3.8) is 0 Å². The Morgan fingerprint density at radius 3 is 2.68 bits per heavy atom. The summed E-state index contributed by atoms with van der Waals surface area (Å²) in [6.45, 7) is 4.14. The number of carbonyl (C=O) groups excluding carboxylic acids is 1. The van der Waals surface area contributed by atoms with Crippen LogP contribution in [-0.2, 0) is 5.41 Å². The molecule has 3 nitrogen and oxygen atoms in total. The van der Waals surface area contributed by atoms with Crippen LogP contribution in [0.15, 0.2) is 40.9 Å². The van der Waals surface area contributed by atoms with E-state index in [1.165, 1.54) is 0 Å². The predicted octanol–water partition coefficient (Wildman–Crippen LogP) is 4.51. The number of benzene rings is 2. The van der Waals surface area contributed by atoms with Crippen LogP contribution >= 0.6 is 15.9 Å². The van der Waals surface area contributed by atoms with E-state index < -0.39 is 0 Å². The minimum atomic E-state index is -0.372. The van der Waals surface area contributed by atoms with E-state index in [9.17, 15) is 9.90 Å². The molecule has 0 amide bonds. The molecule has 1 aliphatic rings. The monoisotopic (exact) mass is 355 g/mol. The maximum Gasteiger partial charge on any atom is 0.195 e. The Balaban J connectivity index is 2.12. The number of phenolic OH excluding ortho intramolecular Hbond substituents is 1. The van der Waals surface area contributed by atoms with Crippen LogP contribution in [-0.4, -0.2) is 15.9 Å². The van der Waals surface area contributed by atoms with Crippen molar-refractivity contribution in [3.8, 4) is 5.75 Å². The van der Waals surface area contributed by atoms with E-state index in [2.05, 4.69) is 34.8 Å². The number of halogens is 1. The van der Waals surface area contributed by atoms with E-state index in [1.54, 1.807) is 18.2 Å². The fourth-order valence-corrected chi connectivity index (χ4v) is 3.75. The van der Waals surface area contributed by atoms with E-state index in [-0.39, 0.29) is 16.9 Å². The minimum absolute atomic E-state index is 0.0119. The smallest absolute Gasteiger partial charge is 0.195 e.